The van der Waals surface area contributed by atoms with Crippen LogP contribution in [0.4, 0.5) is 0 Å². The highest BCUT2D eigenvalue weighted by Crippen LogP contribution is 2.35. The number of rotatable bonds is 6. The van der Waals surface area contributed by atoms with Crippen LogP contribution >= 0.6 is 23.1 Å². The van der Waals surface area contributed by atoms with Gasteiger partial charge in [-0.2, -0.15) is 0 Å². The Labute approximate surface area is 129 Å². The Hall–Kier alpha value is -1.67. The molecular formula is C13H13N5OS2. The van der Waals surface area contributed by atoms with Gasteiger partial charge >= 0.3 is 0 Å². The topological polar surface area (TPSA) is 69.6 Å². The summed E-state index contributed by atoms with van der Waals surface area (Å²) in [4.78, 5) is 1.11. The first kappa shape index (κ1) is 13.0. The van der Waals surface area contributed by atoms with Crippen molar-refractivity contribution in [1.82, 2.24) is 25.4 Å². The molecule has 0 saturated heterocycles. The largest absolute Gasteiger partial charge is 0.355 e. The van der Waals surface area contributed by atoms with Gasteiger partial charge in [0.2, 0.25) is 0 Å². The van der Waals surface area contributed by atoms with Crippen molar-refractivity contribution in [1.29, 1.82) is 0 Å². The van der Waals surface area contributed by atoms with Gasteiger partial charge in [-0.15, -0.1) is 28.2 Å². The van der Waals surface area contributed by atoms with E-state index in [1.165, 1.54) is 12.8 Å². The molecule has 1 aliphatic carbocycles. The summed E-state index contributed by atoms with van der Waals surface area (Å²) in [6.45, 7) is 0. The van der Waals surface area contributed by atoms with Gasteiger partial charge in [0.1, 0.15) is 0 Å². The second kappa shape index (κ2) is 5.61. The molecule has 1 saturated carbocycles. The molecule has 1 aliphatic rings. The molecule has 4 rings (SSSR count). The van der Waals surface area contributed by atoms with Crippen molar-refractivity contribution in [2.45, 2.75) is 30.4 Å². The number of aromatic nitrogens is 5. The Kier molecular flexibility index (Phi) is 3.48. The minimum atomic E-state index is 0.521. The Morgan fingerprint density at radius 3 is 3.14 bits per heavy atom. The Balaban J connectivity index is 1.35. The summed E-state index contributed by atoms with van der Waals surface area (Å²) in [5.41, 5.74) is 0.953. The van der Waals surface area contributed by atoms with Crippen LogP contribution in [0.1, 0.15) is 30.4 Å². The maximum atomic E-state index is 5.37. The Morgan fingerprint density at radius 1 is 1.38 bits per heavy atom. The minimum Gasteiger partial charge on any atom is -0.355 e. The van der Waals surface area contributed by atoms with Gasteiger partial charge in [-0.05, 0) is 34.7 Å². The zero-order valence-corrected chi connectivity index (χ0v) is 12.8. The summed E-state index contributed by atoms with van der Waals surface area (Å²) >= 11 is 3.40. The summed E-state index contributed by atoms with van der Waals surface area (Å²) < 4.78 is 7.32. The van der Waals surface area contributed by atoms with Crippen LogP contribution in [0.5, 0.6) is 0 Å². The van der Waals surface area contributed by atoms with Crippen LogP contribution in [0.2, 0.25) is 0 Å². The van der Waals surface area contributed by atoms with Gasteiger partial charge in [-0.1, -0.05) is 11.2 Å². The van der Waals surface area contributed by atoms with Crippen molar-refractivity contribution >= 4 is 23.1 Å². The van der Waals surface area contributed by atoms with Crippen molar-refractivity contribution in [3.05, 3.63) is 35.1 Å². The van der Waals surface area contributed by atoms with E-state index in [0.29, 0.717) is 6.04 Å². The zero-order valence-electron chi connectivity index (χ0n) is 11.2. The van der Waals surface area contributed by atoms with E-state index in [0.717, 1.165) is 33.7 Å². The highest BCUT2D eigenvalue weighted by atomic mass is 32.2. The molecule has 0 aliphatic heterocycles. The molecule has 0 spiro atoms. The summed E-state index contributed by atoms with van der Waals surface area (Å²) in [5, 5.41) is 18.1. The predicted molar refractivity (Wildman–Crippen MR) is 80.9 cm³/mol. The summed E-state index contributed by atoms with van der Waals surface area (Å²) in [6, 6.07) is 6.57. The molecular weight excluding hydrogens is 306 g/mol. The molecule has 3 heterocycles. The zero-order chi connectivity index (χ0) is 14.1. The highest BCUT2D eigenvalue weighted by molar-refractivity contribution is 7.97. The molecule has 0 bridgehead atoms. The lowest BCUT2D eigenvalue weighted by molar-refractivity contribution is 0.427. The first-order chi connectivity index (χ1) is 10.4. The van der Waals surface area contributed by atoms with Crippen LogP contribution in [0.15, 0.2) is 28.1 Å². The average Bonchev–Trinajstić information content (AvgIpc) is 2.96. The standard InChI is InChI=1S/C13H13N5OS2/c1-2-12(21-5-1)11-6-9(15-19-11)7-20-8-13-14-16-17-18(13)10-3-4-10/h1-2,5-6,10H,3-4,7-8H2. The van der Waals surface area contributed by atoms with Crippen molar-refractivity contribution in [2.75, 3.05) is 0 Å². The summed E-state index contributed by atoms with van der Waals surface area (Å²) in [5.74, 6) is 3.38. The van der Waals surface area contributed by atoms with E-state index in [4.69, 9.17) is 4.52 Å². The molecule has 3 aromatic rings. The SMILES string of the molecule is c1csc(-c2cc(CSCc3nnnn3C3CC3)no2)c1. The number of nitrogens with zero attached hydrogens (tertiary/aromatic N) is 5. The number of hydrogen-bond acceptors (Lipinski definition) is 7. The van der Waals surface area contributed by atoms with Crippen molar-refractivity contribution in [3.63, 3.8) is 0 Å². The molecule has 0 N–H and O–H groups in total. The van der Waals surface area contributed by atoms with Gasteiger partial charge in [-0.3, -0.25) is 0 Å². The van der Waals surface area contributed by atoms with E-state index in [1.54, 1.807) is 23.1 Å². The normalized spacial score (nSPS) is 14.7. The number of thiophene rings is 1. The van der Waals surface area contributed by atoms with Crippen LogP contribution in [0, 0.1) is 0 Å². The van der Waals surface area contributed by atoms with Gasteiger partial charge in [-0.25, -0.2) is 4.68 Å². The molecule has 8 heteroatoms. The molecule has 0 aromatic carbocycles. The van der Waals surface area contributed by atoms with E-state index < -0.39 is 0 Å². The molecule has 0 unspecified atom stereocenters. The van der Waals surface area contributed by atoms with Crippen molar-refractivity contribution in [3.8, 4) is 10.6 Å². The fraction of sp³-hybridized carbons (Fsp3) is 0.385. The molecule has 0 amide bonds. The van der Waals surface area contributed by atoms with Gasteiger partial charge in [0.25, 0.3) is 0 Å². The summed E-state index contributed by atoms with van der Waals surface area (Å²) in [7, 11) is 0. The average molecular weight is 319 g/mol. The van der Waals surface area contributed by atoms with Crippen LogP contribution < -0.4 is 0 Å². The van der Waals surface area contributed by atoms with E-state index in [-0.39, 0.29) is 0 Å². The van der Waals surface area contributed by atoms with Crippen LogP contribution in [-0.4, -0.2) is 25.4 Å². The monoisotopic (exact) mass is 319 g/mol. The second-order valence-corrected chi connectivity index (χ2v) is 6.86. The lowest BCUT2D eigenvalue weighted by Gasteiger charge is -2.00. The van der Waals surface area contributed by atoms with Gasteiger partial charge in [0.15, 0.2) is 11.6 Å². The maximum Gasteiger partial charge on any atom is 0.177 e. The predicted octanol–water partition coefficient (Wildman–Crippen LogP) is 3.16. The first-order valence-electron chi connectivity index (χ1n) is 6.74. The van der Waals surface area contributed by atoms with Gasteiger partial charge < -0.3 is 4.52 Å². The molecule has 108 valence electrons. The maximum absolute atomic E-state index is 5.37. The Morgan fingerprint density at radius 2 is 2.33 bits per heavy atom. The van der Waals surface area contributed by atoms with Gasteiger partial charge in [0.05, 0.1) is 22.4 Å². The van der Waals surface area contributed by atoms with E-state index in [1.807, 2.05) is 28.3 Å². The molecule has 0 atom stereocenters. The molecule has 1 fully saturated rings. The fourth-order valence-corrected chi connectivity index (χ4v) is 3.56. The molecule has 6 nitrogen and oxygen atoms in total. The lowest BCUT2D eigenvalue weighted by Crippen LogP contribution is -2.02. The minimum absolute atomic E-state index is 0.521. The molecule has 3 aromatic heterocycles. The lowest BCUT2D eigenvalue weighted by atomic mass is 10.3. The highest BCUT2D eigenvalue weighted by Gasteiger charge is 2.27. The first-order valence-corrected chi connectivity index (χ1v) is 8.77. The number of thioether (sulfide) groups is 1. The second-order valence-electron chi connectivity index (χ2n) is 4.92. The number of hydrogen-bond donors (Lipinski definition) is 0. The Bertz CT molecular complexity index is 717. The molecule has 0 radical (unpaired) electrons. The van der Waals surface area contributed by atoms with E-state index in [2.05, 4.69) is 20.7 Å². The van der Waals surface area contributed by atoms with E-state index in [9.17, 15) is 0 Å². The summed E-state index contributed by atoms with van der Waals surface area (Å²) in [6.07, 6.45) is 2.38. The van der Waals surface area contributed by atoms with Crippen LogP contribution in [0.25, 0.3) is 10.6 Å². The number of tetrazole rings is 1. The van der Waals surface area contributed by atoms with Crippen LogP contribution in [-0.2, 0) is 11.5 Å². The van der Waals surface area contributed by atoms with Gasteiger partial charge in [0, 0.05) is 11.8 Å². The third-order valence-electron chi connectivity index (χ3n) is 3.26. The van der Waals surface area contributed by atoms with Crippen molar-refractivity contribution in [2.24, 2.45) is 0 Å². The molecule has 21 heavy (non-hydrogen) atoms. The van der Waals surface area contributed by atoms with E-state index >= 15 is 0 Å². The third kappa shape index (κ3) is 2.86. The third-order valence-corrected chi connectivity index (χ3v) is 5.10. The quantitative estimate of drug-likeness (QED) is 0.695. The fourth-order valence-electron chi connectivity index (χ4n) is 2.07. The van der Waals surface area contributed by atoms with Crippen LogP contribution in [0.3, 0.4) is 0 Å². The smallest absolute Gasteiger partial charge is 0.177 e. The van der Waals surface area contributed by atoms with Crippen molar-refractivity contribution < 1.29 is 4.52 Å².